The zero-order chi connectivity index (χ0) is 9.84. The highest BCUT2D eigenvalue weighted by atomic mass is 16.5. The van der Waals surface area contributed by atoms with Crippen molar-refractivity contribution in [3.8, 4) is 11.5 Å². The van der Waals surface area contributed by atoms with Crippen molar-refractivity contribution in [1.29, 1.82) is 0 Å². The van der Waals surface area contributed by atoms with E-state index in [2.05, 4.69) is 0 Å². The first-order chi connectivity index (χ1) is 6.19. The molecule has 0 aliphatic carbocycles. The average molecular weight is 183 g/mol. The molecule has 0 unspecified atom stereocenters. The molecule has 0 spiro atoms. The maximum atomic E-state index is 9.26. The second kappa shape index (κ2) is 4.11. The molecule has 1 aromatic carbocycles. The Morgan fingerprint density at radius 3 is 2.77 bits per heavy atom. The molecule has 0 fully saturated rings. The number of aliphatic hydroxyl groups is 1. The van der Waals surface area contributed by atoms with Crippen LogP contribution in [-0.4, -0.2) is 23.9 Å². The van der Waals surface area contributed by atoms with Gasteiger partial charge in [0.15, 0.2) is 11.5 Å². The van der Waals surface area contributed by atoms with E-state index in [0.29, 0.717) is 5.75 Å². The molecule has 4 N–H and O–H groups in total. The molecular formula is C9H13NO3. The zero-order valence-corrected chi connectivity index (χ0v) is 7.40. The first kappa shape index (κ1) is 9.83. The van der Waals surface area contributed by atoms with Crippen LogP contribution in [0.1, 0.15) is 11.6 Å². The summed E-state index contributed by atoms with van der Waals surface area (Å²) in [5, 5.41) is 18.1. The number of phenolic OH excluding ortho intramolecular Hbond substituents is 1. The van der Waals surface area contributed by atoms with Gasteiger partial charge < -0.3 is 20.7 Å². The number of aromatic hydroxyl groups is 1. The number of ether oxygens (including phenoxy) is 1. The van der Waals surface area contributed by atoms with Gasteiger partial charge >= 0.3 is 0 Å². The summed E-state index contributed by atoms with van der Waals surface area (Å²) in [6.45, 7) is -0.131. The van der Waals surface area contributed by atoms with Crippen molar-refractivity contribution in [2.75, 3.05) is 13.7 Å². The summed E-state index contributed by atoms with van der Waals surface area (Å²) in [4.78, 5) is 0. The van der Waals surface area contributed by atoms with Crippen LogP contribution in [0.2, 0.25) is 0 Å². The van der Waals surface area contributed by atoms with Crippen LogP contribution >= 0.6 is 0 Å². The van der Waals surface area contributed by atoms with Crippen LogP contribution in [0, 0.1) is 0 Å². The summed E-state index contributed by atoms with van der Waals surface area (Å²) >= 11 is 0. The number of methoxy groups -OCH3 is 1. The number of hydrogen-bond donors (Lipinski definition) is 3. The van der Waals surface area contributed by atoms with Gasteiger partial charge in [-0.25, -0.2) is 0 Å². The van der Waals surface area contributed by atoms with Crippen LogP contribution in [-0.2, 0) is 0 Å². The van der Waals surface area contributed by atoms with Crippen LogP contribution in [0.15, 0.2) is 18.2 Å². The van der Waals surface area contributed by atoms with Gasteiger partial charge in [0.1, 0.15) is 0 Å². The van der Waals surface area contributed by atoms with E-state index in [1.54, 1.807) is 12.1 Å². The quantitative estimate of drug-likeness (QED) is 0.633. The Kier molecular flexibility index (Phi) is 3.11. The number of aliphatic hydroxyl groups excluding tert-OH is 1. The van der Waals surface area contributed by atoms with E-state index in [0.717, 1.165) is 5.56 Å². The third-order valence-corrected chi connectivity index (χ3v) is 1.83. The summed E-state index contributed by atoms with van der Waals surface area (Å²) < 4.78 is 4.89. The minimum atomic E-state index is -0.436. The molecule has 0 radical (unpaired) electrons. The van der Waals surface area contributed by atoms with Gasteiger partial charge in [-0.3, -0.25) is 0 Å². The second-order valence-electron chi connectivity index (χ2n) is 2.72. The van der Waals surface area contributed by atoms with Crippen LogP contribution in [0.4, 0.5) is 0 Å². The van der Waals surface area contributed by atoms with Gasteiger partial charge in [-0.05, 0) is 17.7 Å². The van der Waals surface area contributed by atoms with E-state index in [4.69, 9.17) is 15.6 Å². The third kappa shape index (κ3) is 2.11. The molecule has 1 atom stereocenters. The fraction of sp³-hybridized carbons (Fsp3) is 0.333. The van der Waals surface area contributed by atoms with E-state index in [9.17, 15) is 5.11 Å². The van der Waals surface area contributed by atoms with Crippen LogP contribution in [0.3, 0.4) is 0 Å². The van der Waals surface area contributed by atoms with Gasteiger partial charge in [0.25, 0.3) is 0 Å². The fourth-order valence-electron chi connectivity index (χ4n) is 1.03. The predicted molar refractivity (Wildman–Crippen MR) is 48.7 cm³/mol. The summed E-state index contributed by atoms with van der Waals surface area (Å²) in [5.74, 6) is 0.429. The second-order valence-corrected chi connectivity index (χ2v) is 2.72. The average Bonchev–Trinajstić information content (AvgIpc) is 2.17. The molecule has 1 rings (SSSR count). The lowest BCUT2D eigenvalue weighted by Gasteiger charge is -2.10. The Balaban J connectivity index is 2.99. The van der Waals surface area contributed by atoms with Crippen LogP contribution < -0.4 is 10.5 Å². The molecule has 0 heterocycles. The van der Waals surface area contributed by atoms with Crippen molar-refractivity contribution in [2.24, 2.45) is 5.73 Å². The first-order valence-electron chi connectivity index (χ1n) is 3.92. The highest BCUT2D eigenvalue weighted by Gasteiger charge is 2.07. The number of hydrogen-bond acceptors (Lipinski definition) is 4. The Labute approximate surface area is 76.6 Å². The van der Waals surface area contributed by atoms with E-state index >= 15 is 0 Å². The lowest BCUT2D eigenvalue weighted by Crippen LogP contribution is -2.14. The smallest absolute Gasteiger partial charge is 0.160 e. The Hall–Kier alpha value is -1.26. The molecule has 13 heavy (non-hydrogen) atoms. The molecule has 0 saturated heterocycles. The fourth-order valence-corrected chi connectivity index (χ4v) is 1.03. The van der Waals surface area contributed by atoms with E-state index < -0.39 is 6.04 Å². The van der Waals surface area contributed by atoms with Gasteiger partial charge in [-0.2, -0.15) is 0 Å². The first-order valence-corrected chi connectivity index (χ1v) is 3.92. The molecule has 72 valence electrons. The monoisotopic (exact) mass is 183 g/mol. The number of rotatable bonds is 3. The SMILES string of the molecule is COc1cc([C@@H](N)CO)ccc1O. The number of phenols is 1. The molecule has 0 amide bonds. The van der Waals surface area contributed by atoms with Crippen molar-refractivity contribution >= 4 is 0 Å². The Bertz CT molecular complexity index is 288. The predicted octanol–water partition coefficient (Wildman–Crippen LogP) is 0.393. The van der Waals surface area contributed by atoms with E-state index in [1.165, 1.54) is 13.2 Å². The van der Waals surface area contributed by atoms with Gasteiger partial charge in [-0.1, -0.05) is 6.07 Å². The van der Waals surface area contributed by atoms with Gasteiger partial charge in [0.05, 0.1) is 19.8 Å². The molecular weight excluding hydrogens is 170 g/mol. The van der Waals surface area contributed by atoms with Crippen LogP contribution in [0.5, 0.6) is 11.5 Å². The van der Waals surface area contributed by atoms with Crippen molar-refractivity contribution < 1.29 is 14.9 Å². The topological polar surface area (TPSA) is 75.7 Å². The lowest BCUT2D eigenvalue weighted by atomic mass is 10.1. The Morgan fingerprint density at radius 2 is 2.23 bits per heavy atom. The molecule has 0 aromatic heterocycles. The molecule has 4 heteroatoms. The summed E-state index contributed by atoms with van der Waals surface area (Å²) in [6.07, 6.45) is 0. The van der Waals surface area contributed by atoms with E-state index in [1.807, 2.05) is 0 Å². The van der Waals surface area contributed by atoms with Crippen LogP contribution in [0.25, 0.3) is 0 Å². The highest BCUT2D eigenvalue weighted by molar-refractivity contribution is 5.42. The van der Waals surface area contributed by atoms with Gasteiger partial charge in [0, 0.05) is 0 Å². The van der Waals surface area contributed by atoms with Gasteiger partial charge in [0.2, 0.25) is 0 Å². The Morgan fingerprint density at radius 1 is 1.54 bits per heavy atom. The molecule has 0 aliphatic heterocycles. The molecule has 0 bridgehead atoms. The normalized spacial score (nSPS) is 12.5. The number of benzene rings is 1. The summed E-state index contributed by atoms with van der Waals surface area (Å²) in [5.41, 5.74) is 6.31. The molecule has 0 saturated carbocycles. The zero-order valence-electron chi connectivity index (χ0n) is 7.40. The highest BCUT2D eigenvalue weighted by Crippen LogP contribution is 2.27. The summed E-state index contributed by atoms with van der Waals surface area (Å²) in [7, 11) is 1.46. The van der Waals surface area contributed by atoms with Crippen molar-refractivity contribution in [3.63, 3.8) is 0 Å². The number of nitrogens with two attached hydrogens (primary N) is 1. The summed E-state index contributed by atoms with van der Waals surface area (Å²) in [6, 6.07) is 4.31. The maximum Gasteiger partial charge on any atom is 0.160 e. The standard InChI is InChI=1S/C9H13NO3/c1-13-9-4-6(7(10)5-11)2-3-8(9)12/h2-4,7,11-12H,5,10H2,1H3/t7-/m0/s1. The third-order valence-electron chi connectivity index (χ3n) is 1.83. The van der Waals surface area contributed by atoms with E-state index in [-0.39, 0.29) is 12.4 Å². The minimum absolute atomic E-state index is 0.0661. The molecule has 1 aromatic rings. The van der Waals surface area contributed by atoms with Crippen molar-refractivity contribution in [3.05, 3.63) is 23.8 Å². The van der Waals surface area contributed by atoms with Gasteiger partial charge in [-0.15, -0.1) is 0 Å². The maximum absolute atomic E-state index is 9.26. The van der Waals surface area contributed by atoms with Crippen molar-refractivity contribution in [2.45, 2.75) is 6.04 Å². The van der Waals surface area contributed by atoms with Crippen molar-refractivity contribution in [1.82, 2.24) is 0 Å². The molecule has 0 aliphatic rings. The largest absolute Gasteiger partial charge is 0.504 e. The minimum Gasteiger partial charge on any atom is -0.504 e. The molecule has 4 nitrogen and oxygen atoms in total. The lowest BCUT2D eigenvalue weighted by molar-refractivity contribution is 0.267.